The molecule has 4 nitrogen and oxygen atoms in total. The van der Waals surface area contributed by atoms with Crippen LogP contribution in [0.25, 0.3) is 6.08 Å². The fourth-order valence-corrected chi connectivity index (χ4v) is 1.91. The number of hydrogen-bond donors (Lipinski definition) is 1. The van der Waals surface area contributed by atoms with Gasteiger partial charge in [0.25, 0.3) is 5.91 Å². The SMILES string of the molecule is CN(C)C(=O)c1cccc(NC(=O)C=Cc2ccccc2)c1. The number of carbonyl (C=O) groups is 2. The van der Waals surface area contributed by atoms with E-state index in [4.69, 9.17) is 0 Å². The molecule has 0 saturated heterocycles. The minimum absolute atomic E-state index is 0.101. The predicted molar refractivity (Wildman–Crippen MR) is 88.6 cm³/mol. The lowest BCUT2D eigenvalue weighted by molar-refractivity contribution is -0.111. The molecule has 0 radical (unpaired) electrons. The summed E-state index contributed by atoms with van der Waals surface area (Å²) in [4.78, 5) is 25.3. The van der Waals surface area contributed by atoms with Gasteiger partial charge in [-0.05, 0) is 29.8 Å². The Hall–Kier alpha value is -2.88. The van der Waals surface area contributed by atoms with Crippen molar-refractivity contribution in [3.63, 3.8) is 0 Å². The van der Waals surface area contributed by atoms with Crippen molar-refractivity contribution in [2.45, 2.75) is 0 Å². The summed E-state index contributed by atoms with van der Waals surface area (Å²) in [5, 5.41) is 2.75. The Morgan fingerprint density at radius 3 is 2.41 bits per heavy atom. The number of nitrogens with zero attached hydrogens (tertiary/aromatic N) is 1. The lowest BCUT2D eigenvalue weighted by atomic mass is 10.1. The van der Waals surface area contributed by atoms with E-state index in [0.717, 1.165) is 5.56 Å². The molecule has 112 valence electrons. The Bertz CT molecular complexity index is 691. The number of anilines is 1. The van der Waals surface area contributed by atoms with E-state index in [1.165, 1.54) is 11.0 Å². The van der Waals surface area contributed by atoms with Gasteiger partial charge < -0.3 is 10.2 Å². The summed E-state index contributed by atoms with van der Waals surface area (Å²) in [7, 11) is 3.38. The first-order valence-corrected chi connectivity index (χ1v) is 6.92. The van der Waals surface area contributed by atoms with Crippen LogP contribution in [0.3, 0.4) is 0 Å². The van der Waals surface area contributed by atoms with Gasteiger partial charge in [-0.2, -0.15) is 0 Å². The Morgan fingerprint density at radius 2 is 1.73 bits per heavy atom. The molecule has 1 N–H and O–H groups in total. The Labute approximate surface area is 130 Å². The molecule has 0 bridgehead atoms. The third kappa shape index (κ3) is 4.31. The summed E-state index contributed by atoms with van der Waals surface area (Å²) < 4.78 is 0. The van der Waals surface area contributed by atoms with Gasteiger partial charge in [-0.25, -0.2) is 0 Å². The van der Waals surface area contributed by atoms with Gasteiger partial charge in [-0.15, -0.1) is 0 Å². The molecule has 0 atom stereocenters. The van der Waals surface area contributed by atoms with Gasteiger partial charge in [0.05, 0.1) is 0 Å². The van der Waals surface area contributed by atoms with E-state index in [1.807, 2.05) is 30.3 Å². The zero-order chi connectivity index (χ0) is 15.9. The van der Waals surface area contributed by atoms with Gasteiger partial charge in [-0.3, -0.25) is 9.59 Å². The molecule has 0 heterocycles. The van der Waals surface area contributed by atoms with Crippen molar-refractivity contribution in [1.29, 1.82) is 0 Å². The first kappa shape index (κ1) is 15.5. The predicted octanol–water partition coefficient (Wildman–Crippen LogP) is 3.04. The molecule has 0 aliphatic rings. The molecule has 0 aliphatic heterocycles. The maximum Gasteiger partial charge on any atom is 0.253 e. The molecule has 4 heteroatoms. The minimum atomic E-state index is -0.238. The lowest BCUT2D eigenvalue weighted by Gasteiger charge is -2.11. The maximum absolute atomic E-state index is 11.9. The van der Waals surface area contributed by atoms with Crippen molar-refractivity contribution >= 4 is 23.6 Å². The van der Waals surface area contributed by atoms with E-state index in [2.05, 4.69) is 5.32 Å². The normalized spacial score (nSPS) is 10.5. The van der Waals surface area contributed by atoms with Crippen molar-refractivity contribution in [1.82, 2.24) is 4.90 Å². The van der Waals surface area contributed by atoms with Crippen molar-refractivity contribution in [2.24, 2.45) is 0 Å². The highest BCUT2D eigenvalue weighted by atomic mass is 16.2. The molecule has 0 aliphatic carbocycles. The third-order valence-electron chi connectivity index (χ3n) is 3.01. The van der Waals surface area contributed by atoms with Crippen LogP contribution in [0.15, 0.2) is 60.7 Å². The quantitative estimate of drug-likeness (QED) is 0.881. The summed E-state index contributed by atoms with van der Waals surface area (Å²) in [5.74, 6) is -0.339. The highest BCUT2D eigenvalue weighted by Crippen LogP contribution is 2.12. The molecule has 0 spiro atoms. The Balaban J connectivity index is 2.04. The molecule has 2 aromatic rings. The second kappa shape index (κ2) is 7.22. The molecule has 2 aromatic carbocycles. The number of hydrogen-bond acceptors (Lipinski definition) is 2. The molecule has 2 amide bonds. The van der Waals surface area contributed by atoms with Crippen LogP contribution in [0.1, 0.15) is 15.9 Å². The van der Waals surface area contributed by atoms with Gasteiger partial charge in [0.2, 0.25) is 5.91 Å². The number of benzene rings is 2. The average molecular weight is 294 g/mol. The second-order valence-corrected chi connectivity index (χ2v) is 5.01. The molecule has 0 saturated carbocycles. The summed E-state index contributed by atoms with van der Waals surface area (Å²) in [5.41, 5.74) is 2.08. The van der Waals surface area contributed by atoms with E-state index in [-0.39, 0.29) is 11.8 Å². The largest absolute Gasteiger partial charge is 0.345 e. The smallest absolute Gasteiger partial charge is 0.253 e. The van der Waals surface area contributed by atoms with Gasteiger partial charge >= 0.3 is 0 Å². The van der Waals surface area contributed by atoms with Crippen LogP contribution in [0.2, 0.25) is 0 Å². The van der Waals surface area contributed by atoms with E-state index in [0.29, 0.717) is 11.3 Å². The number of amides is 2. The number of carbonyl (C=O) groups excluding carboxylic acids is 2. The molecular weight excluding hydrogens is 276 g/mol. The highest BCUT2D eigenvalue weighted by Gasteiger charge is 2.08. The van der Waals surface area contributed by atoms with Crippen LogP contribution >= 0.6 is 0 Å². The van der Waals surface area contributed by atoms with Gasteiger partial charge in [0.1, 0.15) is 0 Å². The van der Waals surface area contributed by atoms with Gasteiger partial charge in [-0.1, -0.05) is 36.4 Å². The topological polar surface area (TPSA) is 49.4 Å². The first-order chi connectivity index (χ1) is 10.6. The summed E-state index contributed by atoms with van der Waals surface area (Å²) in [6.07, 6.45) is 3.21. The fourth-order valence-electron chi connectivity index (χ4n) is 1.91. The van der Waals surface area contributed by atoms with Crippen LogP contribution < -0.4 is 5.32 Å². The minimum Gasteiger partial charge on any atom is -0.345 e. The number of rotatable bonds is 4. The van der Waals surface area contributed by atoms with E-state index < -0.39 is 0 Å². The molecule has 0 fully saturated rings. The second-order valence-electron chi connectivity index (χ2n) is 5.01. The zero-order valence-corrected chi connectivity index (χ0v) is 12.6. The van der Waals surface area contributed by atoms with E-state index in [9.17, 15) is 9.59 Å². The van der Waals surface area contributed by atoms with E-state index in [1.54, 1.807) is 44.4 Å². The monoisotopic (exact) mass is 294 g/mol. The Morgan fingerprint density at radius 1 is 1.00 bits per heavy atom. The third-order valence-corrected chi connectivity index (χ3v) is 3.01. The van der Waals surface area contributed by atoms with Crippen LogP contribution in [-0.2, 0) is 4.79 Å². The van der Waals surface area contributed by atoms with E-state index >= 15 is 0 Å². The van der Waals surface area contributed by atoms with Gasteiger partial charge in [0.15, 0.2) is 0 Å². The van der Waals surface area contributed by atoms with Crippen LogP contribution in [0.4, 0.5) is 5.69 Å². The van der Waals surface area contributed by atoms with Crippen LogP contribution in [0.5, 0.6) is 0 Å². The van der Waals surface area contributed by atoms with Crippen molar-refractivity contribution in [2.75, 3.05) is 19.4 Å². The fraction of sp³-hybridized carbons (Fsp3) is 0.111. The van der Waals surface area contributed by atoms with Gasteiger partial charge in [0, 0.05) is 31.4 Å². The molecule has 22 heavy (non-hydrogen) atoms. The van der Waals surface area contributed by atoms with Crippen LogP contribution in [0, 0.1) is 0 Å². The molecular formula is C18H18N2O2. The van der Waals surface area contributed by atoms with Crippen molar-refractivity contribution < 1.29 is 9.59 Å². The standard InChI is InChI=1S/C18H18N2O2/c1-20(2)18(22)15-9-6-10-16(13-15)19-17(21)12-11-14-7-4-3-5-8-14/h3-13H,1-2H3,(H,19,21). The average Bonchev–Trinajstić information content (AvgIpc) is 2.53. The lowest BCUT2D eigenvalue weighted by Crippen LogP contribution is -2.21. The first-order valence-electron chi connectivity index (χ1n) is 6.92. The Kier molecular flexibility index (Phi) is 5.09. The van der Waals surface area contributed by atoms with Crippen molar-refractivity contribution in [3.8, 4) is 0 Å². The van der Waals surface area contributed by atoms with Crippen molar-refractivity contribution in [3.05, 3.63) is 71.8 Å². The highest BCUT2D eigenvalue weighted by molar-refractivity contribution is 6.03. The molecule has 0 aromatic heterocycles. The molecule has 0 unspecified atom stereocenters. The van der Waals surface area contributed by atoms with Crippen LogP contribution in [-0.4, -0.2) is 30.8 Å². The summed E-state index contributed by atoms with van der Waals surface area (Å²) in [6.45, 7) is 0. The summed E-state index contributed by atoms with van der Waals surface area (Å²) in [6, 6.07) is 16.5. The number of nitrogens with one attached hydrogen (secondary N) is 1. The zero-order valence-electron chi connectivity index (χ0n) is 12.6. The summed E-state index contributed by atoms with van der Waals surface area (Å²) >= 11 is 0. The maximum atomic E-state index is 11.9. The molecule has 2 rings (SSSR count).